The highest BCUT2D eigenvalue weighted by Gasteiger charge is 2.20. The molecule has 0 amide bonds. The van der Waals surface area contributed by atoms with Gasteiger partial charge in [0, 0.05) is 32.2 Å². The normalized spacial score (nSPS) is 19.7. The lowest BCUT2D eigenvalue weighted by Gasteiger charge is -2.34. The van der Waals surface area contributed by atoms with E-state index in [9.17, 15) is 0 Å². The number of rotatable bonds is 2. The molecule has 16 heavy (non-hydrogen) atoms. The van der Waals surface area contributed by atoms with Gasteiger partial charge in [-0.05, 0) is 37.5 Å². The van der Waals surface area contributed by atoms with Crippen LogP contribution in [0, 0.1) is 13.8 Å². The third-order valence-electron chi connectivity index (χ3n) is 3.66. The fourth-order valence-corrected chi connectivity index (χ4v) is 2.74. The Kier molecular flexibility index (Phi) is 3.62. The zero-order valence-electron chi connectivity index (χ0n) is 10.6. The number of nitrogens with one attached hydrogen (secondary N) is 1. The average Bonchev–Trinajstić information content (AvgIpc) is 2.30. The number of piperazine rings is 1. The fraction of sp³-hybridized carbons (Fsp3) is 0.571. The van der Waals surface area contributed by atoms with Crippen LogP contribution in [0.1, 0.15) is 29.7 Å². The van der Waals surface area contributed by atoms with Crippen molar-refractivity contribution in [2.24, 2.45) is 0 Å². The third-order valence-corrected chi connectivity index (χ3v) is 3.66. The molecule has 1 atom stereocenters. The van der Waals surface area contributed by atoms with Crippen LogP contribution in [0.4, 0.5) is 0 Å². The predicted octanol–water partition coefficient (Wildman–Crippen LogP) is 2.27. The van der Waals surface area contributed by atoms with E-state index < -0.39 is 0 Å². The Labute approximate surface area is 98.7 Å². The van der Waals surface area contributed by atoms with Gasteiger partial charge in [0.15, 0.2) is 0 Å². The smallest absolute Gasteiger partial charge is 0.0326 e. The maximum Gasteiger partial charge on any atom is 0.0326 e. The van der Waals surface area contributed by atoms with Gasteiger partial charge in [-0.25, -0.2) is 0 Å². The number of benzene rings is 1. The molecular weight excluding hydrogens is 196 g/mol. The SMILES string of the molecule is Cc1cccc(C)c1[C@H](C)N1CCNCC1. The minimum absolute atomic E-state index is 0.545. The molecule has 2 rings (SSSR count). The molecule has 0 unspecified atom stereocenters. The second-order valence-corrected chi connectivity index (χ2v) is 4.77. The van der Waals surface area contributed by atoms with Crippen LogP contribution >= 0.6 is 0 Å². The maximum absolute atomic E-state index is 3.41. The Balaban J connectivity index is 2.22. The number of nitrogens with zero attached hydrogens (tertiary/aromatic N) is 1. The molecule has 1 aliphatic rings. The summed E-state index contributed by atoms with van der Waals surface area (Å²) in [5, 5.41) is 3.41. The fourth-order valence-electron chi connectivity index (χ4n) is 2.74. The van der Waals surface area contributed by atoms with Crippen LogP contribution in [-0.4, -0.2) is 31.1 Å². The Morgan fingerprint density at radius 1 is 1.12 bits per heavy atom. The molecule has 0 aliphatic carbocycles. The molecule has 1 aromatic rings. The minimum Gasteiger partial charge on any atom is -0.314 e. The van der Waals surface area contributed by atoms with Crippen LogP contribution in [0.2, 0.25) is 0 Å². The summed E-state index contributed by atoms with van der Waals surface area (Å²) < 4.78 is 0. The third kappa shape index (κ3) is 2.28. The first-order valence-electron chi connectivity index (χ1n) is 6.21. The van der Waals surface area contributed by atoms with E-state index in [0.29, 0.717) is 6.04 Å². The van der Waals surface area contributed by atoms with Crippen molar-refractivity contribution in [1.82, 2.24) is 10.2 Å². The van der Waals surface area contributed by atoms with Crippen LogP contribution in [0.5, 0.6) is 0 Å². The van der Waals surface area contributed by atoms with Gasteiger partial charge < -0.3 is 5.32 Å². The van der Waals surface area contributed by atoms with Crippen molar-refractivity contribution in [2.75, 3.05) is 26.2 Å². The van der Waals surface area contributed by atoms with Gasteiger partial charge in [-0.3, -0.25) is 4.90 Å². The van der Waals surface area contributed by atoms with Gasteiger partial charge in [0.1, 0.15) is 0 Å². The second-order valence-electron chi connectivity index (χ2n) is 4.77. The summed E-state index contributed by atoms with van der Waals surface area (Å²) in [5.41, 5.74) is 4.36. The summed E-state index contributed by atoms with van der Waals surface area (Å²) >= 11 is 0. The van der Waals surface area contributed by atoms with Crippen molar-refractivity contribution in [1.29, 1.82) is 0 Å². The molecule has 1 saturated heterocycles. The second kappa shape index (κ2) is 4.98. The molecule has 88 valence electrons. The van der Waals surface area contributed by atoms with Gasteiger partial charge in [-0.15, -0.1) is 0 Å². The number of aryl methyl sites for hydroxylation is 2. The molecule has 1 fully saturated rings. The summed E-state index contributed by atoms with van der Waals surface area (Å²) in [6.07, 6.45) is 0. The van der Waals surface area contributed by atoms with Crippen molar-refractivity contribution in [2.45, 2.75) is 26.8 Å². The largest absolute Gasteiger partial charge is 0.314 e. The van der Waals surface area contributed by atoms with Gasteiger partial charge in [0.2, 0.25) is 0 Å². The van der Waals surface area contributed by atoms with E-state index in [-0.39, 0.29) is 0 Å². The van der Waals surface area contributed by atoms with Gasteiger partial charge in [0.05, 0.1) is 0 Å². The van der Waals surface area contributed by atoms with E-state index in [1.54, 1.807) is 0 Å². The molecule has 1 aliphatic heterocycles. The predicted molar refractivity (Wildman–Crippen MR) is 68.8 cm³/mol. The first-order valence-corrected chi connectivity index (χ1v) is 6.21. The van der Waals surface area contributed by atoms with E-state index in [1.165, 1.54) is 16.7 Å². The summed E-state index contributed by atoms with van der Waals surface area (Å²) in [6, 6.07) is 7.14. The van der Waals surface area contributed by atoms with Crippen LogP contribution in [0.25, 0.3) is 0 Å². The Hall–Kier alpha value is -0.860. The average molecular weight is 218 g/mol. The molecule has 1 N–H and O–H groups in total. The minimum atomic E-state index is 0.545. The highest BCUT2D eigenvalue weighted by molar-refractivity contribution is 5.35. The quantitative estimate of drug-likeness (QED) is 0.819. The van der Waals surface area contributed by atoms with E-state index in [4.69, 9.17) is 0 Å². The van der Waals surface area contributed by atoms with E-state index in [2.05, 4.69) is 49.2 Å². The van der Waals surface area contributed by atoms with Crippen LogP contribution in [0.15, 0.2) is 18.2 Å². The lowest BCUT2D eigenvalue weighted by Crippen LogP contribution is -2.44. The van der Waals surface area contributed by atoms with Crippen molar-refractivity contribution in [3.63, 3.8) is 0 Å². The van der Waals surface area contributed by atoms with Gasteiger partial charge in [0.25, 0.3) is 0 Å². The standard InChI is InChI=1S/C14H22N2/c1-11-5-4-6-12(2)14(11)13(3)16-9-7-15-8-10-16/h4-6,13,15H,7-10H2,1-3H3/t13-/m0/s1. The molecule has 1 aromatic carbocycles. The molecule has 2 heteroatoms. The Morgan fingerprint density at radius 2 is 1.69 bits per heavy atom. The Morgan fingerprint density at radius 3 is 2.25 bits per heavy atom. The summed E-state index contributed by atoms with van der Waals surface area (Å²) in [4.78, 5) is 2.58. The van der Waals surface area contributed by atoms with Crippen LogP contribution < -0.4 is 5.32 Å². The molecule has 0 saturated carbocycles. The first-order chi connectivity index (χ1) is 7.70. The molecule has 2 nitrogen and oxygen atoms in total. The molecule has 0 bridgehead atoms. The van der Waals surface area contributed by atoms with Crippen molar-refractivity contribution in [3.05, 3.63) is 34.9 Å². The van der Waals surface area contributed by atoms with Gasteiger partial charge >= 0.3 is 0 Å². The molecule has 0 radical (unpaired) electrons. The zero-order valence-corrected chi connectivity index (χ0v) is 10.6. The highest BCUT2D eigenvalue weighted by Crippen LogP contribution is 2.26. The first kappa shape index (κ1) is 11.6. The number of hydrogen-bond donors (Lipinski definition) is 1. The Bertz CT molecular complexity index is 334. The topological polar surface area (TPSA) is 15.3 Å². The monoisotopic (exact) mass is 218 g/mol. The van der Waals surface area contributed by atoms with Gasteiger partial charge in [-0.2, -0.15) is 0 Å². The summed E-state index contributed by atoms with van der Waals surface area (Å²) in [6.45, 7) is 11.3. The van der Waals surface area contributed by atoms with Crippen LogP contribution in [-0.2, 0) is 0 Å². The van der Waals surface area contributed by atoms with Crippen molar-refractivity contribution in [3.8, 4) is 0 Å². The number of hydrogen-bond acceptors (Lipinski definition) is 2. The lowest BCUT2D eigenvalue weighted by molar-refractivity contribution is 0.184. The van der Waals surface area contributed by atoms with Crippen molar-refractivity contribution < 1.29 is 0 Å². The van der Waals surface area contributed by atoms with Crippen molar-refractivity contribution >= 4 is 0 Å². The lowest BCUT2D eigenvalue weighted by atomic mass is 9.96. The van der Waals surface area contributed by atoms with E-state index in [0.717, 1.165) is 26.2 Å². The zero-order chi connectivity index (χ0) is 11.5. The summed E-state index contributed by atoms with van der Waals surface area (Å²) in [5.74, 6) is 0. The molecule has 0 spiro atoms. The molecule has 1 heterocycles. The van der Waals surface area contributed by atoms with E-state index in [1.807, 2.05) is 0 Å². The summed E-state index contributed by atoms with van der Waals surface area (Å²) in [7, 11) is 0. The van der Waals surface area contributed by atoms with Crippen LogP contribution in [0.3, 0.4) is 0 Å². The van der Waals surface area contributed by atoms with E-state index >= 15 is 0 Å². The molecular formula is C14H22N2. The molecule has 0 aromatic heterocycles. The maximum atomic E-state index is 3.41. The van der Waals surface area contributed by atoms with Gasteiger partial charge in [-0.1, -0.05) is 18.2 Å². The highest BCUT2D eigenvalue weighted by atomic mass is 15.2.